The molecular weight excluding hydrogens is 390 g/mol. The van der Waals surface area contributed by atoms with Gasteiger partial charge in [-0.3, -0.25) is 15.1 Å². The van der Waals surface area contributed by atoms with Crippen LogP contribution in [-0.4, -0.2) is 40.1 Å². The molecule has 2 atom stereocenters. The van der Waals surface area contributed by atoms with Crippen LogP contribution in [0.4, 0.5) is 20.2 Å². The molecule has 0 saturated heterocycles. The average Bonchev–Trinajstić information content (AvgIpc) is 3.12. The second-order valence-corrected chi connectivity index (χ2v) is 7.29. The Morgan fingerprint density at radius 2 is 1.87 bits per heavy atom. The number of benzene rings is 1. The number of carbonyl (C=O) groups excluding carboxylic acids is 1. The van der Waals surface area contributed by atoms with Crippen molar-refractivity contribution in [3.63, 3.8) is 0 Å². The second-order valence-electron chi connectivity index (χ2n) is 7.29. The fourth-order valence-corrected chi connectivity index (χ4v) is 3.81. The van der Waals surface area contributed by atoms with Crippen LogP contribution in [0.15, 0.2) is 54.9 Å². The second kappa shape index (κ2) is 8.73. The van der Waals surface area contributed by atoms with Gasteiger partial charge in [-0.15, -0.1) is 0 Å². The van der Waals surface area contributed by atoms with Crippen LogP contribution in [0.1, 0.15) is 22.5 Å². The van der Waals surface area contributed by atoms with Crippen LogP contribution in [0.3, 0.4) is 0 Å². The summed E-state index contributed by atoms with van der Waals surface area (Å²) < 4.78 is 24.9. The topological polar surface area (TPSA) is 90.0 Å². The molecule has 8 heteroatoms. The van der Waals surface area contributed by atoms with Crippen molar-refractivity contribution >= 4 is 17.2 Å². The Balaban J connectivity index is 1.70. The minimum Gasteiger partial charge on any atom is -0.378 e. The first-order valence-corrected chi connectivity index (χ1v) is 9.73. The number of aliphatic hydroxyl groups excluding tert-OH is 1. The molecule has 2 aromatic heterocycles. The summed E-state index contributed by atoms with van der Waals surface area (Å²) in [6.45, 7) is -0.619. The lowest BCUT2D eigenvalue weighted by atomic mass is 9.85. The molecule has 30 heavy (non-hydrogen) atoms. The van der Waals surface area contributed by atoms with Crippen molar-refractivity contribution in [2.45, 2.75) is 25.5 Å². The summed E-state index contributed by atoms with van der Waals surface area (Å²) in [4.78, 5) is 20.4. The van der Waals surface area contributed by atoms with E-state index >= 15 is 0 Å². The number of Topliss-reactive ketones (excluding diaryl/α,β-unsaturated/α-hetero) is 1. The first-order valence-electron chi connectivity index (χ1n) is 9.73. The Morgan fingerprint density at radius 3 is 2.57 bits per heavy atom. The number of aromatic nitrogens is 2. The normalized spacial score (nSPS) is 17.1. The smallest absolute Gasteiger partial charge is 0.250 e. The Labute approximate surface area is 172 Å². The number of H-pyrrole nitrogens is 1. The number of para-hydroxylation sites is 1. The summed E-state index contributed by atoms with van der Waals surface area (Å²) in [5.41, 5.74) is 4.33. The highest BCUT2D eigenvalue weighted by Gasteiger charge is 2.35. The summed E-state index contributed by atoms with van der Waals surface area (Å²) in [6.07, 6.45) is 0.0252. The zero-order valence-corrected chi connectivity index (χ0v) is 16.1. The average molecular weight is 412 g/mol. The monoisotopic (exact) mass is 412 g/mol. The number of fused-ring (bicyclic) bond motifs is 1. The van der Waals surface area contributed by atoms with Gasteiger partial charge in [-0.2, -0.15) is 0 Å². The van der Waals surface area contributed by atoms with Crippen molar-refractivity contribution in [3.05, 3.63) is 66.1 Å². The minimum atomic E-state index is -2.57. The third kappa shape index (κ3) is 4.24. The third-order valence-corrected chi connectivity index (χ3v) is 5.21. The minimum absolute atomic E-state index is 0.0709. The number of aromatic amines is 1. The van der Waals surface area contributed by atoms with E-state index in [4.69, 9.17) is 0 Å². The standard InChI is InChI=1S/C22H22F2N4O2/c23-18(24)12-26-22(30)14-10-16-19(17(29)11-14)21(27-15-4-2-1-3-5-15)20(28-16)13-6-8-25-9-7-13/h1-9,14,18,22,26-28,30H,10-12H2. The van der Waals surface area contributed by atoms with Gasteiger partial charge in [0.05, 0.1) is 23.5 Å². The summed E-state index contributed by atoms with van der Waals surface area (Å²) in [5.74, 6) is -0.633. The van der Waals surface area contributed by atoms with Crippen LogP contribution >= 0.6 is 0 Å². The number of hydrogen-bond donors (Lipinski definition) is 4. The number of nitrogens with zero attached hydrogens (tertiary/aromatic N) is 1. The molecule has 1 aliphatic rings. The van der Waals surface area contributed by atoms with Gasteiger partial charge in [-0.05, 0) is 30.7 Å². The number of ketones is 1. The molecule has 156 valence electrons. The van der Waals surface area contributed by atoms with Gasteiger partial charge in [0.1, 0.15) is 6.23 Å². The number of hydrogen-bond acceptors (Lipinski definition) is 5. The van der Waals surface area contributed by atoms with Gasteiger partial charge in [0, 0.05) is 41.7 Å². The molecule has 0 bridgehead atoms. The maximum Gasteiger partial charge on any atom is 0.250 e. The molecule has 2 unspecified atom stereocenters. The van der Waals surface area contributed by atoms with Crippen LogP contribution in [0, 0.1) is 5.92 Å². The molecule has 6 nitrogen and oxygen atoms in total. The van der Waals surface area contributed by atoms with E-state index in [-0.39, 0.29) is 12.2 Å². The molecule has 1 aromatic carbocycles. The first-order chi connectivity index (χ1) is 14.5. The van der Waals surface area contributed by atoms with E-state index in [1.54, 1.807) is 12.4 Å². The van der Waals surface area contributed by atoms with Crippen LogP contribution < -0.4 is 10.6 Å². The van der Waals surface area contributed by atoms with Gasteiger partial charge in [0.15, 0.2) is 5.78 Å². The van der Waals surface area contributed by atoms with Gasteiger partial charge in [0.25, 0.3) is 6.43 Å². The Hall–Kier alpha value is -3.10. The maximum absolute atomic E-state index is 13.0. The van der Waals surface area contributed by atoms with Crippen molar-refractivity contribution in [1.82, 2.24) is 15.3 Å². The highest BCUT2D eigenvalue weighted by molar-refractivity contribution is 6.07. The molecule has 3 aromatic rings. The highest BCUT2D eigenvalue weighted by Crippen LogP contribution is 2.40. The molecule has 0 amide bonds. The van der Waals surface area contributed by atoms with Crippen molar-refractivity contribution in [2.75, 3.05) is 11.9 Å². The molecule has 0 radical (unpaired) electrons. The maximum atomic E-state index is 13.0. The molecule has 0 fully saturated rings. The summed E-state index contributed by atoms with van der Waals surface area (Å²) >= 11 is 0. The lowest BCUT2D eigenvalue weighted by Gasteiger charge is -2.27. The zero-order valence-electron chi connectivity index (χ0n) is 16.1. The van der Waals surface area contributed by atoms with Crippen molar-refractivity contribution in [1.29, 1.82) is 0 Å². The quantitative estimate of drug-likeness (QED) is 0.444. The van der Waals surface area contributed by atoms with Gasteiger partial charge >= 0.3 is 0 Å². The number of carbonyl (C=O) groups is 1. The SMILES string of the molecule is O=C1CC(C(O)NCC(F)F)Cc2[nH]c(-c3ccncc3)c(Nc3ccccc3)c21. The fourth-order valence-electron chi connectivity index (χ4n) is 3.81. The molecule has 0 spiro atoms. The van der Waals surface area contributed by atoms with Crippen LogP contribution in [0.5, 0.6) is 0 Å². The van der Waals surface area contributed by atoms with Gasteiger partial charge in [-0.1, -0.05) is 18.2 Å². The van der Waals surface area contributed by atoms with Crippen molar-refractivity contribution < 1.29 is 18.7 Å². The molecular formula is C22H22F2N4O2. The van der Waals surface area contributed by atoms with Crippen LogP contribution in [0.2, 0.25) is 0 Å². The van der Waals surface area contributed by atoms with E-state index in [1.165, 1.54) is 0 Å². The molecule has 2 heterocycles. The number of aliphatic hydroxyl groups is 1. The van der Waals surface area contributed by atoms with Gasteiger partial charge < -0.3 is 15.4 Å². The van der Waals surface area contributed by atoms with E-state index in [1.807, 2.05) is 42.5 Å². The molecule has 4 N–H and O–H groups in total. The molecule has 0 saturated carbocycles. The predicted octanol–water partition coefficient (Wildman–Crippen LogP) is 3.74. The van der Waals surface area contributed by atoms with E-state index in [9.17, 15) is 18.7 Å². The van der Waals surface area contributed by atoms with Crippen molar-refractivity contribution in [2.24, 2.45) is 5.92 Å². The number of pyridine rings is 1. The number of rotatable bonds is 7. The largest absolute Gasteiger partial charge is 0.378 e. The van der Waals surface area contributed by atoms with Gasteiger partial charge in [-0.25, -0.2) is 8.78 Å². The first kappa shape index (κ1) is 20.2. The lowest BCUT2D eigenvalue weighted by Crippen LogP contribution is -2.42. The molecule has 1 aliphatic carbocycles. The van der Waals surface area contributed by atoms with Gasteiger partial charge in [0.2, 0.25) is 0 Å². The Bertz CT molecular complexity index is 1010. The molecule has 0 aliphatic heterocycles. The summed E-state index contributed by atoms with van der Waals surface area (Å²) in [5, 5.41) is 16.0. The number of nitrogens with one attached hydrogen (secondary N) is 3. The third-order valence-electron chi connectivity index (χ3n) is 5.21. The van der Waals surface area contributed by atoms with E-state index < -0.39 is 25.1 Å². The van der Waals surface area contributed by atoms with Crippen molar-refractivity contribution in [3.8, 4) is 11.3 Å². The zero-order chi connectivity index (χ0) is 21.1. The van der Waals surface area contributed by atoms with Crippen LogP contribution in [0.25, 0.3) is 11.3 Å². The summed E-state index contributed by atoms with van der Waals surface area (Å²) in [7, 11) is 0. The fraction of sp³-hybridized carbons (Fsp3) is 0.273. The molecule has 4 rings (SSSR count). The number of halogens is 2. The Kier molecular flexibility index (Phi) is 5.87. The van der Waals surface area contributed by atoms with E-state index in [0.29, 0.717) is 23.4 Å². The van der Waals surface area contributed by atoms with E-state index in [0.717, 1.165) is 16.9 Å². The van der Waals surface area contributed by atoms with Crippen LogP contribution in [-0.2, 0) is 6.42 Å². The summed E-state index contributed by atoms with van der Waals surface area (Å²) in [6, 6.07) is 13.2. The highest BCUT2D eigenvalue weighted by atomic mass is 19.3. The lowest BCUT2D eigenvalue weighted by molar-refractivity contribution is 0.0417. The van der Waals surface area contributed by atoms with E-state index in [2.05, 4.69) is 20.6 Å². The number of anilines is 2. The predicted molar refractivity (Wildman–Crippen MR) is 110 cm³/mol. The number of alkyl halides is 2. The Morgan fingerprint density at radius 1 is 1.13 bits per heavy atom.